The number of rotatable bonds is 9. The van der Waals surface area contributed by atoms with Gasteiger partial charge in [-0.2, -0.15) is 18.3 Å². The Kier molecular flexibility index (Phi) is 8.93. The number of anilines is 2. The number of hydrogen-bond donors (Lipinski definition) is 2. The molecule has 15 heteroatoms. The van der Waals surface area contributed by atoms with Crippen molar-refractivity contribution in [3.05, 3.63) is 107 Å². The third-order valence-electron chi connectivity index (χ3n) is 9.74. The summed E-state index contributed by atoms with van der Waals surface area (Å²) in [6.45, 7) is 6.46. The summed E-state index contributed by atoms with van der Waals surface area (Å²) < 4.78 is 47.4. The summed E-state index contributed by atoms with van der Waals surface area (Å²) in [5.41, 5.74) is 1.60. The fourth-order valence-electron chi connectivity index (χ4n) is 6.87. The average Bonchev–Trinajstić information content (AvgIpc) is 3.52. The van der Waals surface area contributed by atoms with Crippen molar-refractivity contribution in [2.75, 3.05) is 43.1 Å². The zero-order valence-corrected chi connectivity index (χ0v) is 27.9. The Morgan fingerprint density at radius 1 is 1.10 bits per heavy atom. The van der Waals surface area contributed by atoms with Gasteiger partial charge in [0.25, 0.3) is 17.7 Å². The quantitative estimate of drug-likeness (QED) is 0.247. The topological polar surface area (TPSA) is 135 Å². The van der Waals surface area contributed by atoms with Gasteiger partial charge in [-0.3, -0.25) is 24.2 Å². The molecule has 3 amide bonds. The van der Waals surface area contributed by atoms with Gasteiger partial charge in [0.1, 0.15) is 17.6 Å². The summed E-state index contributed by atoms with van der Waals surface area (Å²) in [7, 11) is 0. The van der Waals surface area contributed by atoms with Gasteiger partial charge in [-0.25, -0.2) is 14.6 Å². The summed E-state index contributed by atoms with van der Waals surface area (Å²) in [6.07, 6.45) is 0.469. The van der Waals surface area contributed by atoms with Crippen LogP contribution in [0, 0.1) is 0 Å². The van der Waals surface area contributed by atoms with Crippen molar-refractivity contribution >= 4 is 29.2 Å². The fraction of sp³-hybridized carbons (Fsp3) is 0.333. The second kappa shape index (κ2) is 13.4. The molecule has 0 unspecified atom stereocenters. The normalized spacial score (nSPS) is 20.0. The van der Waals surface area contributed by atoms with E-state index >= 15 is 0 Å². The number of fused-ring (bicyclic) bond motifs is 1. The molecule has 0 saturated carbocycles. The fourth-order valence-corrected chi connectivity index (χ4v) is 6.87. The first kappa shape index (κ1) is 34.1. The van der Waals surface area contributed by atoms with Crippen LogP contribution in [0.5, 0.6) is 0 Å². The van der Waals surface area contributed by atoms with Gasteiger partial charge in [-0.1, -0.05) is 36.4 Å². The first-order valence-corrected chi connectivity index (χ1v) is 16.6. The van der Waals surface area contributed by atoms with Crippen LogP contribution in [0.1, 0.15) is 53.6 Å². The van der Waals surface area contributed by atoms with E-state index < -0.39 is 41.5 Å². The second-order valence-electron chi connectivity index (χ2n) is 12.7. The number of likely N-dealkylation sites (tertiary alicyclic amines) is 1. The van der Waals surface area contributed by atoms with Crippen LogP contribution >= 0.6 is 0 Å². The van der Waals surface area contributed by atoms with Gasteiger partial charge in [-0.15, -0.1) is 0 Å². The molecule has 2 atom stereocenters. The molecule has 4 aromatic rings. The van der Waals surface area contributed by atoms with Gasteiger partial charge < -0.3 is 15.4 Å². The lowest BCUT2D eigenvalue weighted by Crippen LogP contribution is -2.70. The van der Waals surface area contributed by atoms with E-state index in [-0.39, 0.29) is 18.0 Å². The number of alkyl halides is 3. The molecule has 1 spiro atoms. The first-order valence-electron chi connectivity index (χ1n) is 16.6. The molecule has 3 aliphatic heterocycles. The van der Waals surface area contributed by atoms with E-state index in [9.17, 15) is 27.6 Å². The predicted molar refractivity (Wildman–Crippen MR) is 180 cm³/mol. The Balaban J connectivity index is 1.24. The van der Waals surface area contributed by atoms with E-state index in [2.05, 4.69) is 30.6 Å². The summed E-state index contributed by atoms with van der Waals surface area (Å²) >= 11 is 0. The molecule has 2 N–H and O–H groups in total. The van der Waals surface area contributed by atoms with Crippen LogP contribution in [-0.2, 0) is 20.5 Å². The molecule has 0 bridgehead atoms. The maximum Gasteiger partial charge on any atom is 0.433 e. The highest BCUT2D eigenvalue weighted by molar-refractivity contribution is 6.05. The van der Waals surface area contributed by atoms with E-state index in [1.165, 1.54) is 4.90 Å². The molecule has 264 valence electrons. The maximum atomic E-state index is 14.3. The molecule has 0 radical (unpaired) electrons. The number of benzene rings is 2. The largest absolute Gasteiger partial charge is 0.433 e. The van der Waals surface area contributed by atoms with Gasteiger partial charge in [-0.05, 0) is 56.2 Å². The molecule has 12 nitrogen and oxygen atoms in total. The van der Waals surface area contributed by atoms with E-state index in [1.54, 1.807) is 48.1 Å². The number of likely N-dealkylation sites (N-methyl/N-ethyl adjacent to an activating group) is 1. The van der Waals surface area contributed by atoms with Crippen molar-refractivity contribution in [1.29, 1.82) is 0 Å². The zero-order valence-electron chi connectivity index (χ0n) is 27.9. The minimum atomic E-state index is -4.80. The summed E-state index contributed by atoms with van der Waals surface area (Å²) in [5, 5.41) is 10.2. The molecule has 2 aromatic heterocycles. The Morgan fingerprint density at radius 3 is 2.53 bits per heavy atom. The highest BCUT2D eigenvalue weighted by atomic mass is 19.4. The van der Waals surface area contributed by atoms with Crippen LogP contribution in [0.3, 0.4) is 0 Å². The standard InChI is InChI=1S/C36H35F3N8O4/c1-3-22(19-45-16-14-35(45)20-51-21-35)31(48)42-24-10-8-9-23(17-24)28-26-18-41-47(25-11-6-5-7-12-25)33(26)46(4-2)34(50)29(28)44-32(49)30-40-15-13-27(43-30)36(37,38)39/h3,5-13,15,17-18,28-29H,4,14,16,19-21H2,1-2H3,(H,42,48)(H,44,49)/b22-3+/t28-,29+/m1/s1. The van der Waals surface area contributed by atoms with Crippen molar-refractivity contribution < 1.29 is 32.3 Å². The van der Waals surface area contributed by atoms with Gasteiger partial charge in [0, 0.05) is 48.6 Å². The molecule has 0 aliphatic carbocycles. The Labute approximate surface area is 291 Å². The van der Waals surface area contributed by atoms with Crippen LogP contribution in [0.15, 0.2) is 84.7 Å². The lowest BCUT2D eigenvalue weighted by molar-refractivity contribution is -0.189. The number of ether oxygens (including phenoxy) is 1. The number of halogens is 3. The van der Waals surface area contributed by atoms with Crippen molar-refractivity contribution in [3.63, 3.8) is 0 Å². The summed E-state index contributed by atoms with van der Waals surface area (Å²) in [6, 6.07) is 15.5. The van der Waals surface area contributed by atoms with Gasteiger partial charge in [0.2, 0.25) is 5.82 Å². The first-order chi connectivity index (χ1) is 24.5. The molecular formula is C36H35F3N8O4. The number of carbonyl (C=O) groups is 3. The number of aromatic nitrogens is 4. The molecule has 5 heterocycles. The van der Waals surface area contributed by atoms with E-state index in [0.29, 0.717) is 59.7 Å². The van der Waals surface area contributed by atoms with E-state index in [1.807, 2.05) is 37.3 Å². The summed E-state index contributed by atoms with van der Waals surface area (Å²) in [4.78, 5) is 52.3. The SMILES string of the molecule is C/C=C(\CN1CCC12COC2)C(=O)Nc1cccc([C@@H]2c3cnn(-c4ccccc4)c3N(CC)C(=O)[C@H]2NC(=O)c2nccc(C(F)(F)F)n2)c1. The lowest BCUT2D eigenvalue weighted by atomic mass is 9.82. The number of hydrogen-bond acceptors (Lipinski definition) is 8. The van der Waals surface area contributed by atoms with Crippen LogP contribution in [-0.4, -0.2) is 86.8 Å². The monoisotopic (exact) mass is 700 g/mol. The molecule has 51 heavy (non-hydrogen) atoms. The van der Waals surface area contributed by atoms with Gasteiger partial charge >= 0.3 is 6.18 Å². The zero-order chi connectivity index (χ0) is 35.9. The number of carbonyl (C=O) groups excluding carboxylic acids is 3. The van der Waals surface area contributed by atoms with Crippen LogP contribution < -0.4 is 15.5 Å². The van der Waals surface area contributed by atoms with Crippen LogP contribution in [0.25, 0.3) is 5.69 Å². The molecule has 7 rings (SSSR count). The smallest absolute Gasteiger partial charge is 0.377 e. The van der Waals surface area contributed by atoms with Crippen molar-refractivity contribution in [1.82, 2.24) is 30.0 Å². The van der Waals surface area contributed by atoms with Crippen LogP contribution in [0.4, 0.5) is 24.7 Å². The lowest BCUT2D eigenvalue weighted by Gasteiger charge is -2.57. The minimum Gasteiger partial charge on any atom is -0.377 e. The number of amides is 3. The van der Waals surface area contributed by atoms with E-state index in [0.717, 1.165) is 19.2 Å². The number of allylic oxidation sites excluding steroid dienone is 1. The second-order valence-corrected chi connectivity index (χ2v) is 12.7. The minimum absolute atomic E-state index is 0.00873. The molecular weight excluding hydrogens is 665 g/mol. The molecule has 2 saturated heterocycles. The highest BCUT2D eigenvalue weighted by Gasteiger charge is 2.51. The molecule has 2 fully saturated rings. The van der Waals surface area contributed by atoms with Crippen molar-refractivity contribution in [3.8, 4) is 5.69 Å². The van der Waals surface area contributed by atoms with Gasteiger partial charge in [0.15, 0.2) is 0 Å². The van der Waals surface area contributed by atoms with Crippen molar-refractivity contribution in [2.24, 2.45) is 0 Å². The molecule has 3 aliphatic rings. The predicted octanol–water partition coefficient (Wildman–Crippen LogP) is 4.34. The Morgan fingerprint density at radius 2 is 1.88 bits per heavy atom. The number of para-hydroxylation sites is 1. The number of nitrogens with zero attached hydrogens (tertiary/aromatic N) is 6. The van der Waals surface area contributed by atoms with E-state index in [4.69, 9.17) is 4.74 Å². The van der Waals surface area contributed by atoms with Crippen molar-refractivity contribution in [2.45, 2.75) is 43.9 Å². The summed E-state index contributed by atoms with van der Waals surface area (Å²) in [5.74, 6) is -2.96. The average molecular weight is 701 g/mol. The third-order valence-corrected chi connectivity index (χ3v) is 9.74. The highest BCUT2D eigenvalue weighted by Crippen LogP contribution is 2.42. The number of nitrogens with one attached hydrogen (secondary N) is 2. The Hall–Kier alpha value is -5.41. The Bertz CT molecular complexity index is 2000. The van der Waals surface area contributed by atoms with Gasteiger partial charge in [0.05, 0.1) is 30.6 Å². The molecule has 2 aromatic carbocycles. The van der Waals surface area contributed by atoms with Crippen LogP contribution in [0.2, 0.25) is 0 Å². The third kappa shape index (κ3) is 6.27. The maximum absolute atomic E-state index is 14.3.